The molecule has 2 aromatic heterocycles. The van der Waals surface area contributed by atoms with Crippen LogP contribution in [-0.4, -0.2) is 52.4 Å². The molecule has 0 amide bonds. The molecule has 4 aromatic rings. The fraction of sp³-hybridized carbons (Fsp3) is 0.200. The summed E-state index contributed by atoms with van der Waals surface area (Å²) in [7, 11) is 3.21. The van der Waals surface area contributed by atoms with E-state index in [1.165, 1.54) is 6.33 Å². The largest absolute Gasteiger partial charge is 0.493 e. The maximum absolute atomic E-state index is 5.64. The van der Waals surface area contributed by atoms with Crippen LogP contribution in [0.4, 0.5) is 23.5 Å². The van der Waals surface area contributed by atoms with E-state index in [0.29, 0.717) is 42.6 Å². The van der Waals surface area contributed by atoms with Crippen LogP contribution in [0.2, 0.25) is 0 Å². The number of hydrogen-bond acceptors (Lipinski definition) is 9. The summed E-state index contributed by atoms with van der Waals surface area (Å²) in [5.41, 5.74) is 2.52. The average molecular weight is 407 g/mol. The molecule has 0 saturated heterocycles. The molecular formula is C20H21N7O3. The van der Waals surface area contributed by atoms with Crippen molar-refractivity contribution >= 4 is 34.6 Å². The first-order chi connectivity index (χ1) is 14.7. The van der Waals surface area contributed by atoms with Crippen LogP contribution < -0.4 is 20.1 Å². The van der Waals surface area contributed by atoms with E-state index in [1.807, 2.05) is 36.4 Å². The van der Waals surface area contributed by atoms with Crippen molar-refractivity contribution in [2.75, 3.05) is 38.1 Å². The van der Waals surface area contributed by atoms with Gasteiger partial charge in [-0.25, -0.2) is 15.0 Å². The van der Waals surface area contributed by atoms with E-state index in [1.54, 1.807) is 20.3 Å². The minimum Gasteiger partial charge on any atom is -0.493 e. The lowest BCUT2D eigenvalue weighted by Crippen LogP contribution is -2.06. The lowest BCUT2D eigenvalue weighted by molar-refractivity contribution is 0.144. The third kappa shape index (κ3) is 4.55. The highest BCUT2D eigenvalue weighted by atomic mass is 16.5. The number of fused-ring (bicyclic) bond motifs is 1. The first-order valence-electron chi connectivity index (χ1n) is 9.23. The molecule has 4 rings (SSSR count). The van der Waals surface area contributed by atoms with Crippen molar-refractivity contribution in [3.8, 4) is 11.5 Å². The van der Waals surface area contributed by atoms with Gasteiger partial charge in [0.15, 0.2) is 11.5 Å². The summed E-state index contributed by atoms with van der Waals surface area (Å²) in [6, 6.07) is 13.2. The van der Waals surface area contributed by atoms with E-state index >= 15 is 0 Å². The van der Waals surface area contributed by atoms with Gasteiger partial charge in [0, 0.05) is 18.9 Å². The van der Waals surface area contributed by atoms with Crippen molar-refractivity contribution < 1.29 is 14.2 Å². The predicted molar refractivity (Wildman–Crippen MR) is 113 cm³/mol. The molecule has 0 aliphatic carbocycles. The Balaban J connectivity index is 1.47. The topological polar surface area (TPSA) is 119 Å². The number of methoxy groups -OCH3 is 2. The number of aromatic nitrogens is 5. The Hall–Kier alpha value is -3.92. The van der Waals surface area contributed by atoms with Gasteiger partial charge in [0.1, 0.15) is 12.9 Å². The summed E-state index contributed by atoms with van der Waals surface area (Å²) in [4.78, 5) is 20.3. The Kier molecular flexibility index (Phi) is 5.85. The monoisotopic (exact) mass is 407 g/mol. The van der Waals surface area contributed by atoms with E-state index < -0.39 is 0 Å². The Bertz CT molecular complexity index is 1100. The SMILES string of the molecule is COCCOc1ccc(Nc2ncnc(Nc3nc4ccccc4[nH]3)n2)cc1OC. The van der Waals surface area contributed by atoms with Gasteiger partial charge < -0.3 is 24.5 Å². The van der Waals surface area contributed by atoms with Crippen LogP contribution in [-0.2, 0) is 4.74 Å². The highest BCUT2D eigenvalue weighted by Crippen LogP contribution is 2.31. The van der Waals surface area contributed by atoms with Crippen molar-refractivity contribution in [3.05, 3.63) is 48.8 Å². The fourth-order valence-corrected chi connectivity index (χ4v) is 2.76. The fourth-order valence-electron chi connectivity index (χ4n) is 2.76. The Labute approximate surface area is 172 Å². The first-order valence-corrected chi connectivity index (χ1v) is 9.23. The molecule has 3 N–H and O–H groups in total. The zero-order chi connectivity index (χ0) is 20.8. The van der Waals surface area contributed by atoms with Gasteiger partial charge >= 0.3 is 0 Å². The van der Waals surface area contributed by atoms with Crippen molar-refractivity contribution in [2.45, 2.75) is 0 Å². The van der Waals surface area contributed by atoms with Gasteiger partial charge in [0.2, 0.25) is 17.8 Å². The summed E-state index contributed by atoms with van der Waals surface area (Å²) in [6.45, 7) is 0.930. The van der Waals surface area contributed by atoms with Crippen LogP contribution in [0.15, 0.2) is 48.8 Å². The molecule has 154 valence electrons. The summed E-state index contributed by atoms with van der Waals surface area (Å²) in [6.07, 6.45) is 1.42. The summed E-state index contributed by atoms with van der Waals surface area (Å²) < 4.78 is 16.0. The molecule has 0 atom stereocenters. The van der Waals surface area contributed by atoms with E-state index in [2.05, 4.69) is 35.6 Å². The standard InChI is InChI=1S/C20H21N7O3/c1-28-9-10-30-16-8-7-13(11-17(16)29-2)23-18-21-12-22-19(26-18)27-20-24-14-5-3-4-6-15(14)25-20/h3-8,11-12H,9-10H2,1-2H3,(H3,21,22,23,24,25,26,27). The number of imidazole rings is 1. The van der Waals surface area contributed by atoms with Gasteiger partial charge in [-0.3, -0.25) is 5.32 Å². The Morgan fingerprint density at radius 3 is 2.53 bits per heavy atom. The van der Waals surface area contributed by atoms with Crippen molar-refractivity contribution in [1.82, 2.24) is 24.9 Å². The number of ether oxygens (including phenoxy) is 3. The zero-order valence-corrected chi connectivity index (χ0v) is 16.5. The molecule has 0 radical (unpaired) electrons. The average Bonchev–Trinajstić information content (AvgIpc) is 3.17. The number of nitrogens with zero attached hydrogens (tertiary/aromatic N) is 4. The molecule has 30 heavy (non-hydrogen) atoms. The molecule has 0 aliphatic heterocycles. The molecule has 0 saturated carbocycles. The number of anilines is 4. The van der Waals surface area contributed by atoms with E-state index in [0.717, 1.165) is 16.7 Å². The zero-order valence-electron chi connectivity index (χ0n) is 16.5. The normalized spacial score (nSPS) is 10.7. The molecule has 0 unspecified atom stereocenters. The number of benzene rings is 2. The minimum absolute atomic E-state index is 0.359. The van der Waals surface area contributed by atoms with Crippen molar-refractivity contribution in [2.24, 2.45) is 0 Å². The number of hydrogen-bond donors (Lipinski definition) is 3. The molecule has 0 fully saturated rings. The lowest BCUT2D eigenvalue weighted by Gasteiger charge is -2.12. The number of aromatic amines is 1. The molecule has 10 nitrogen and oxygen atoms in total. The van der Waals surface area contributed by atoms with Crippen molar-refractivity contribution in [3.63, 3.8) is 0 Å². The number of para-hydroxylation sites is 2. The first kappa shape index (κ1) is 19.4. The predicted octanol–water partition coefficient (Wildman–Crippen LogP) is 3.27. The van der Waals surface area contributed by atoms with Gasteiger partial charge in [0.05, 0.1) is 24.8 Å². The van der Waals surface area contributed by atoms with Gasteiger partial charge in [-0.15, -0.1) is 0 Å². The van der Waals surface area contributed by atoms with E-state index in [9.17, 15) is 0 Å². The highest BCUT2D eigenvalue weighted by Gasteiger charge is 2.09. The number of rotatable bonds is 9. The molecule has 2 heterocycles. The smallest absolute Gasteiger partial charge is 0.234 e. The van der Waals surface area contributed by atoms with Crippen molar-refractivity contribution in [1.29, 1.82) is 0 Å². The van der Waals surface area contributed by atoms with Gasteiger partial charge in [-0.05, 0) is 24.3 Å². The second-order valence-corrected chi connectivity index (χ2v) is 6.19. The molecular weight excluding hydrogens is 386 g/mol. The van der Waals surface area contributed by atoms with E-state index in [4.69, 9.17) is 14.2 Å². The minimum atomic E-state index is 0.359. The molecule has 0 spiro atoms. The Morgan fingerprint density at radius 2 is 1.73 bits per heavy atom. The maximum atomic E-state index is 5.64. The molecule has 10 heteroatoms. The Morgan fingerprint density at radius 1 is 0.900 bits per heavy atom. The summed E-state index contributed by atoms with van der Waals surface area (Å²) >= 11 is 0. The van der Waals surface area contributed by atoms with Crippen LogP contribution in [0, 0.1) is 0 Å². The molecule has 0 aliphatic rings. The van der Waals surface area contributed by atoms with Crippen LogP contribution >= 0.6 is 0 Å². The van der Waals surface area contributed by atoms with E-state index in [-0.39, 0.29) is 0 Å². The van der Waals surface area contributed by atoms with Crippen LogP contribution in [0.1, 0.15) is 0 Å². The quantitative estimate of drug-likeness (QED) is 0.359. The second kappa shape index (κ2) is 9.05. The molecule has 0 bridgehead atoms. The lowest BCUT2D eigenvalue weighted by atomic mass is 10.2. The van der Waals surface area contributed by atoms with Gasteiger partial charge in [-0.2, -0.15) is 4.98 Å². The second-order valence-electron chi connectivity index (χ2n) is 6.19. The van der Waals surface area contributed by atoms with Crippen LogP contribution in [0.5, 0.6) is 11.5 Å². The maximum Gasteiger partial charge on any atom is 0.234 e. The number of H-pyrrole nitrogens is 1. The van der Waals surface area contributed by atoms with Crippen LogP contribution in [0.25, 0.3) is 11.0 Å². The third-order valence-electron chi connectivity index (χ3n) is 4.16. The highest BCUT2D eigenvalue weighted by molar-refractivity contribution is 5.77. The third-order valence-corrected chi connectivity index (χ3v) is 4.16. The summed E-state index contributed by atoms with van der Waals surface area (Å²) in [5, 5.41) is 6.19. The molecule has 2 aromatic carbocycles. The number of nitrogens with one attached hydrogen (secondary N) is 3. The summed E-state index contributed by atoms with van der Waals surface area (Å²) in [5.74, 6) is 2.50. The van der Waals surface area contributed by atoms with Gasteiger partial charge in [-0.1, -0.05) is 12.1 Å². The van der Waals surface area contributed by atoms with Crippen LogP contribution in [0.3, 0.4) is 0 Å². The van der Waals surface area contributed by atoms with Gasteiger partial charge in [0.25, 0.3) is 0 Å².